The lowest BCUT2D eigenvalue weighted by molar-refractivity contribution is 0.292. The van der Waals surface area contributed by atoms with Crippen LogP contribution in [-0.4, -0.2) is 19.1 Å². The van der Waals surface area contributed by atoms with E-state index in [-0.39, 0.29) is 5.56 Å². The van der Waals surface area contributed by atoms with Crippen molar-refractivity contribution in [2.45, 2.75) is 17.5 Å². The van der Waals surface area contributed by atoms with Gasteiger partial charge >= 0.3 is 0 Å². The lowest BCUT2D eigenvalue weighted by atomic mass is 10.2. The van der Waals surface area contributed by atoms with Crippen molar-refractivity contribution in [1.82, 2.24) is 19.1 Å². The van der Waals surface area contributed by atoms with Gasteiger partial charge in [-0.3, -0.25) is 9.36 Å². The van der Waals surface area contributed by atoms with Crippen LogP contribution in [0, 0.1) is 0 Å². The molecule has 0 spiro atoms. The van der Waals surface area contributed by atoms with Gasteiger partial charge < -0.3 is 9.30 Å². The SMILES string of the molecule is Cn1ccnc1COc1ccc(CSc2nc3ccccc3c(=O)n2C)cc1. The standard InChI is InChI=1S/C21H20N4O2S/c1-24-12-11-22-19(24)13-27-16-9-7-15(8-10-16)14-28-21-23-18-6-4-3-5-17(18)20(26)25(21)2/h3-12H,13-14H2,1-2H3. The van der Waals surface area contributed by atoms with Crippen LogP contribution in [0.4, 0.5) is 0 Å². The number of ether oxygens (including phenoxy) is 1. The van der Waals surface area contributed by atoms with Gasteiger partial charge in [0.2, 0.25) is 0 Å². The number of para-hydroxylation sites is 1. The first kappa shape index (κ1) is 18.3. The molecule has 0 aliphatic carbocycles. The first-order chi connectivity index (χ1) is 13.6. The molecule has 28 heavy (non-hydrogen) atoms. The van der Waals surface area contributed by atoms with E-state index in [4.69, 9.17) is 4.74 Å². The van der Waals surface area contributed by atoms with Crippen molar-refractivity contribution in [2.24, 2.45) is 14.1 Å². The number of hydrogen-bond acceptors (Lipinski definition) is 5. The molecule has 2 aromatic carbocycles. The summed E-state index contributed by atoms with van der Waals surface area (Å²) in [6, 6.07) is 15.4. The van der Waals surface area contributed by atoms with Crippen LogP contribution >= 0.6 is 11.8 Å². The molecule has 6 nitrogen and oxygen atoms in total. The Morgan fingerprint density at radius 2 is 1.86 bits per heavy atom. The molecule has 0 saturated heterocycles. The molecule has 4 aromatic rings. The van der Waals surface area contributed by atoms with E-state index < -0.39 is 0 Å². The van der Waals surface area contributed by atoms with E-state index in [2.05, 4.69) is 9.97 Å². The van der Waals surface area contributed by atoms with E-state index in [0.717, 1.165) is 28.4 Å². The van der Waals surface area contributed by atoms with Crippen molar-refractivity contribution in [1.29, 1.82) is 0 Å². The fraction of sp³-hybridized carbons (Fsp3) is 0.190. The molecule has 0 aliphatic heterocycles. The second-order valence-corrected chi connectivity index (χ2v) is 7.39. The number of fused-ring (bicyclic) bond motifs is 1. The van der Waals surface area contributed by atoms with Gasteiger partial charge in [-0.2, -0.15) is 0 Å². The smallest absolute Gasteiger partial charge is 0.261 e. The third kappa shape index (κ3) is 3.80. The Kier molecular flexibility index (Phi) is 5.16. The van der Waals surface area contributed by atoms with Crippen LogP contribution in [0.15, 0.2) is 70.9 Å². The quantitative estimate of drug-likeness (QED) is 0.371. The van der Waals surface area contributed by atoms with E-state index >= 15 is 0 Å². The maximum absolute atomic E-state index is 12.5. The normalized spacial score (nSPS) is 11.1. The highest BCUT2D eigenvalue weighted by atomic mass is 32.2. The third-order valence-corrected chi connectivity index (χ3v) is 5.62. The van der Waals surface area contributed by atoms with E-state index in [1.807, 2.05) is 66.3 Å². The van der Waals surface area contributed by atoms with Gasteiger partial charge in [0.1, 0.15) is 18.2 Å². The van der Waals surface area contributed by atoms with Crippen LogP contribution in [0.1, 0.15) is 11.4 Å². The Morgan fingerprint density at radius 1 is 1.07 bits per heavy atom. The summed E-state index contributed by atoms with van der Waals surface area (Å²) in [6.07, 6.45) is 3.65. The van der Waals surface area contributed by atoms with E-state index in [1.165, 1.54) is 0 Å². The molecule has 0 amide bonds. The molecule has 7 heteroatoms. The maximum Gasteiger partial charge on any atom is 0.261 e. The van der Waals surface area contributed by atoms with Gasteiger partial charge in [-0.05, 0) is 29.8 Å². The van der Waals surface area contributed by atoms with Gasteiger partial charge in [-0.25, -0.2) is 9.97 Å². The predicted octanol–water partition coefficient (Wildman–Crippen LogP) is 3.54. The van der Waals surface area contributed by atoms with Gasteiger partial charge in [0.15, 0.2) is 5.16 Å². The summed E-state index contributed by atoms with van der Waals surface area (Å²) < 4.78 is 9.33. The summed E-state index contributed by atoms with van der Waals surface area (Å²) in [7, 11) is 3.71. The highest BCUT2D eigenvalue weighted by Gasteiger charge is 2.09. The van der Waals surface area contributed by atoms with Crippen molar-refractivity contribution < 1.29 is 4.74 Å². The Bertz CT molecular complexity index is 1170. The summed E-state index contributed by atoms with van der Waals surface area (Å²) in [5.74, 6) is 2.40. The van der Waals surface area contributed by atoms with Crippen LogP contribution in [0.3, 0.4) is 0 Å². The minimum atomic E-state index is -0.0221. The molecule has 0 atom stereocenters. The molecule has 0 unspecified atom stereocenters. The van der Waals surface area contributed by atoms with Crippen LogP contribution in [0.5, 0.6) is 5.75 Å². The van der Waals surface area contributed by atoms with E-state index in [0.29, 0.717) is 17.1 Å². The lowest BCUT2D eigenvalue weighted by Gasteiger charge is -2.09. The molecule has 4 rings (SSSR count). The summed E-state index contributed by atoms with van der Waals surface area (Å²) in [4.78, 5) is 21.4. The molecule has 0 bridgehead atoms. The zero-order chi connectivity index (χ0) is 19.5. The van der Waals surface area contributed by atoms with Crippen LogP contribution in [0.2, 0.25) is 0 Å². The Hall–Kier alpha value is -3.06. The number of imidazole rings is 1. The third-order valence-electron chi connectivity index (χ3n) is 4.52. The first-order valence-corrected chi connectivity index (χ1v) is 9.87. The monoisotopic (exact) mass is 392 g/mol. The first-order valence-electron chi connectivity index (χ1n) is 8.88. The Labute approximate surface area is 166 Å². The second-order valence-electron chi connectivity index (χ2n) is 6.45. The van der Waals surface area contributed by atoms with Crippen molar-refractivity contribution in [3.05, 3.63) is 82.7 Å². The van der Waals surface area contributed by atoms with Gasteiger partial charge in [0.05, 0.1) is 10.9 Å². The lowest BCUT2D eigenvalue weighted by Crippen LogP contribution is -2.19. The number of rotatable bonds is 6. The number of benzene rings is 2. The maximum atomic E-state index is 12.5. The molecular formula is C21H20N4O2S. The summed E-state index contributed by atoms with van der Waals surface area (Å²) in [6.45, 7) is 0.431. The Balaban J connectivity index is 1.43. The van der Waals surface area contributed by atoms with Crippen molar-refractivity contribution in [2.75, 3.05) is 0 Å². The predicted molar refractivity (Wildman–Crippen MR) is 111 cm³/mol. The average molecular weight is 392 g/mol. The molecule has 0 saturated carbocycles. The molecular weight excluding hydrogens is 372 g/mol. The number of aryl methyl sites for hydroxylation is 1. The average Bonchev–Trinajstić information content (AvgIpc) is 3.13. The van der Waals surface area contributed by atoms with Gasteiger partial charge in [0.25, 0.3) is 5.56 Å². The molecule has 142 valence electrons. The van der Waals surface area contributed by atoms with Gasteiger partial charge in [-0.1, -0.05) is 36.0 Å². The molecule has 2 heterocycles. The summed E-state index contributed by atoms with van der Waals surface area (Å²) in [5.41, 5.74) is 1.84. The van der Waals surface area contributed by atoms with Crippen molar-refractivity contribution >= 4 is 22.7 Å². The Morgan fingerprint density at radius 3 is 2.61 bits per heavy atom. The topological polar surface area (TPSA) is 61.9 Å². The van der Waals surface area contributed by atoms with Crippen molar-refractivity contribution in [3.8, 4) is 5.75 Å². The van der Waals surface area contributed by atoms with Crippen molar-refractivity contribution in [3.63, 3.8) is 0 Å². The summed E-state index contributed by atoms with van der Waals surface area (Å²) >= 11 is 1.55. The molecule has 0 N–H and O–H groups in total. The van der Waals surface area contributed by atoms with E-state index in [9.17, 15) is 4.79 Å². The van der Waals surface area contributed by atoms with Gasteiger partial charge in [0, 0.05) is 32.2 Å². The van der Waals surface area contributed by atoms with E-state index in [1.54, 1.807) is 29.6 Å². The highest BCUT2D eigenvalue weighted by Crippen LogP contribution is 2.23. The second kappa shape index (κ2) is 7.90. The fourth-order valence-corrected chi connectivity index (χ4v) is 3.77. The number of hydrogen-bond donors (Lipinski definition) is 0. The highest BCUT2D eigenvalue weighted by molar-refractivity contribution is 7.98. The molecule has 0 radical (unpaired) electrons. The van der Waals surface area contributed by atoms with Gasteiger partial charge in [-0.15, -0.1) is 0 Å². The van der Waals surface area contributed by atoms with Crippen LogP contribution in [0.25, 0.3) is 10.9 Å². The number of aromatic nitrogens is 4. The number of thioether (sulfide) groups is 1. The molecule has 2 aromatic heterocycles. The summed E-state index contributed by atoms with van der Waals surface area (Å²) in [5, 5.41) is 1.35. The zero-order valence-electron chi connectivity index (χ0n) is 15.7. The fourth-order valence-electron chi connectivity index (χ4n) is 2.84. The molecule has 0 aliphatic rings. The largest absolute Gasteiger partial charge is 0.486 e. The van der Waals surface area contributed by atoms with Crippen LogP contribution in [-0.2, 0) is 26.5 Å². The number of nitrogens with zero attached hydrogens (tertiary/aromatic N) is 4. The minimum absolute atomic E-state index is 0.0221. The van der Waals surface area contributed by atoms with Crippen LogP contribution < -0.4 is 10.3 Å². The molecule has 0 fully saturated rings. The zero-order valence-corrected chi connectivity index (χ0v) is 16.5. The minimum Gasteiger partial charge on any atom is -0.486 e.